The molecule has 2 saturated heterocycles. The molecule has 0 bridgehead atoms. The van der Waals surface area contributed by atoms with Crippen molar-refractivity contribution in [3.05, 3.63) is 54.0 Å². The lowest BCUT2D eigenvalue weighted by Crippen LogP contribution is -2.47. The number of carbonyl (C=O) groups is 1. The summed E-state index contributed by atoms with van der Waals surface area (Å²) < 4.78 is 11.4. The molecule has 1 aromatic carbocycles. The molecule has 4 rings (SSSR count). The fourth-order valence-electron chi connectivity index (χ4n) is 3.68. The molecule has 7 heteroatoms. The first kappa shape index (κ1) is 18.8. The van der Waals surface area contributed by atoms with Gasteiger partial charge in [0.05, 0.1) is 25.6 Å². The molecule has 3 heterocycles. The Morgan fingerprint density at radius 1 is 1.07 bits per heavy atom. The van der Waals surface area contributed by atoms with E-state index in [1.165, 1.54) is 5.56 Å². The number of amides is 1. The van der Waals surface area contributed by atoms with Crippen LogP contribution in [0.1, 0.15) is 35.3 Å². The zero-order chi connectivity index (χ0) is 19.2. The van der Waals surface area contributed by atoms with Gasteiger partial charge in [0.2, 0.25) is 0 Å². The number of rotatable bonds is 6. The smallest absolute Gasteiger partial charge is 0.274 e. The summed E-state index contributed by atoms with van der Waals surface area (Å²) in [5.74, 6) is 0.127. The second-order valence-electron chi connectivity index (χ2n) is 7.20. The van der Waals surface area contributed by atoms with Crippen molar-refractivity contribution in [3.63, 3.8) is 0 Å². The van der Waals surface area contributed by atoms with Crippen LogP contribution in [-0.4, -0.2) is 59.4 Å². The number of aromatic nitrogens is 2. The highest BCUT2D eigenvalue weighted by Crippen LogP contribution is 2.31. The topological polar surface area (TPSA) is 76.6 Å². The van der Waals surface area contributed by atoms with Gasteiger partial charge < -0.3 is 19.7 Å². The van der Waals surface area contributed by atoms with Crippen LogP contribution in [0, 0.1) is 0 Å². The molecule has 7 nitrogen and oxygen atoms in total. The van der Waals surface area contributed by atoms with Gasteiger partial charge in [-0.1, -0.05) is 30.3 Å². The van der Waals surface area contributed by atoms with Crippen molar-refractivity contribution in [1.29, 1.82) is 0 Å². The van der Waals surface area contributed by atoms with Crippen molar-refractivity contribution < 1.29 is 14.3 Å². The van der Waals surface area contributed by atoms with Crippen LogP contribution >= 0.6 is 0 Å². The number of nitrogens with zero attached hydrogens (tertiary/aromatic N) is 3. The number of benzene rings is 1. The van der Waals surface area contributed by atoms with Crippen LogP contribution in [0.15, 0.2) is 42.7 Å². The van der Waals surface area contributed by atoms with Crippen molar-refractivity contribution in [3.8, 4) is 0 Å². The van der Waals surface area contributed by atoms with Gasteiger partial charge in [0.25, 0.3) is 5.91 Å². The molecule has 0 atom stereocenters. The molecular formula is C21H26N4O3. The van der Waals surface area contributed by atoms with E-state index in [-0.39, 0.29) is 5.91 Å². The molecule has 28 heavy (non-hydrogen) atoms. The molecule has 2 aliphatic rings. The van der Waals surface area contributed by atoms with Gasteiger partial charge in [-0.2, -0.15) is 0 Å². The van der Waals surface area contributed by atoms with Crippen LogP contribution < -0.4 is 5.32 Å². The average molecular weight is 382 g/mol. The predicted octanol–water partition coefficient (Wildman–Crippen LogP) is 2.50. The summed E-state index contributed by atoms with van der Waals surface area (Å²) in [6.07, 6.45) is 6.60. The lowest BCUT2D eigenvalue weighted by molar-refractivity contribution is -0.181. The van der Waals surface area contributed by atoms with Gasteiger partial charge in [-0.05, 0) is 18.4 Å². The summed E-state index contributed by atoms with van der Waals surface area (Å²) in [5.41, 5.74) is 1.70. The standard InChI is InChI=1S/C21H26N4O3/c26-20(25-11-8-21(9-12-25)27-13-14-28-21)18-15-24-19(16-23-18)22-10-4-7-17-5-2-1-3-6-17/h1-3,5-6,15-16H,4,7-14H2,(H,22,24). The summed E-state index contributed by atoms with van der Waals surface area (Å²) >= 11 is 0. The lowest BCUT2D eigenvalue weighted by atomic mass is 10.0. The molecule has 0 radical (unpaired) electrons. The molecule has 2 fully saturated rings. The number of ether oxygens (including phenoxy) is 2. The quantitative estimate of drug-likeness (QED) is 0.774. The van der Waals surface area contributed by atoms with Crippen LogP contribution in [0.4, 0.5) is 5.82 Å². The van der Waals surface area contributed by atoms with Crippen LogP contribution in [0.25, 0.3) is 0 Å². The minimum atomic E-state index is -0.476. The van der Waals surface area contributed by atoms with Gasteiger partial charge in [-0.3, -0.25) is 4.79 Å². The molecule has 0 unspecified atom stereocenters. The zero-order valence-corrected chi connectivity index (χ0v) is 16.0. The highest BCUT2D eigenvalue weighted by atomic mass is 16.7. The first-order valence-corrected chi connectivity index (χ1v) is 9.91. The van der Waals surface area contributed by atoms with Gasteiger partial charge in [0, 0.05) is 32.5 Å². The number of hydrogen-bond donors (Lipinski definition) is 1. The van der Waals surface area contributed by atoms with E-state index in [0.717, 1.165) is 19.4 Å². The summed E-state index contributed by atoms with van der Waals surface area (Å²) in [6, 6.07) is 10.4. The van der Waals surface area contributed by atoms with E-state index >= 15 is 0 Å². The summed E-state index contributed by atoms with van der Waals surface area (Å²) in [5, 5.41) is 3.26. The van der Waals surface area contributed by atoms with E-state index in [1.807, 2.05) is 6.07 Å². The van der Waals surface area contributed by atoms with Gasteiger partial charge in [-0.15, -0.1) is 0 Å². The predicted molar refractivity (Wildman–Crippen MR) is 105 cm³/mol. The van der Waals surface area contributed by atoms with Crippen LogP contribution in [0.3, 0.4) is 0 Å². The second-order valence-corrected chi connectivity index (χ2v) is 7.20. The Kier molecular flexibility index (Phi) is 5.83. The Labute approximate surface area is 165 Å². The van der Waals surface area contributed by atoms with Gasteiger partial charge in [0.15, 0.2) is 5.79 Å². The Hall–Kier alpha value is -2.51. The van der Waals surface area contributed by atoms with Gasteiger partial charge >= 0.3 is 0 Å². The van der Waals surface area contributed by atoms with E-state index < -0.39 is 5.79 Å². The SMILES string of the molecule is O=C(c1cnc(NCCCc2ccccc2)cn1)N1CCC2(CC1)OCCO2. The third-order valence-electron chi connectivity index (χ3n) is 5.29. The summed E-state index contributed by atoms with van der Waals surface area (Å²) in [6.45, 7) is 3.31. The van der Waals surface area contributed by atoms with Crippen LogP contribution in [0.5, 0.6) is 0 Å². The fourth-order valence-corrected chi connectivity index (χ4v) is 3.68. The monoisotopic (exact) mass is 382 g/mol. The van der Waals surface area contributed by atoms with Crippen molar-refractivity contribution in [2.75, 3.05) is 38.2 Å². The van der Waals surface area contributed by atoms with Crippen molar-refractivity contribution in [2.24, 2.45) is 0 Å². The summed E-state index contributed by atoms with van der Waals surface area (Å²) in [4.78, 5) is 23.1. The molecular weight excluding hydrogens is 356 g/mol. The Morgan fingerprint density at radius 3 is 2.50 bits per heavy atom. The maximum absolute atomic E-state index is 12.7. The highest BCUT2D eigenvalue weighted by Gasteiger charge is 2.41. The molecule has 0 saturated carbocycles. The molecule has 2 aromatic rings. The number of hydrogen-bond acceptors (Lipinski definition) is 6. The Morgan fingerprint density at radius 2 is 1.82 bits per heavy atom. The first-order valence-electron chi connectivity index (χ1n) is 9.91. The van der Waals surface area contributed by atoms with Crippen LogP contribution in [0.2, 0.25) is 0 Å². The fraction of sp³-hybridized carbons (Fsp3) is 0.476. The number of anilines is 1. The van der Waals surface area contributed by atoms with Gasteiger partial charge in [0.1, 0.15) is 11.5 Å². The van der Waals surface area contributed by atoms with E-state index in [2.05, 4.69) is 39.6 Å². The molecule has 148 valence electrons. The van der Waals surface area contributed by atoms with E-state index in [9.17, 15) is 4.79 Å². The molecule has 1 N–H and O–H groups in total. The average Bonchev–Trinajstić information content (AvgIpc) is 3.20. The number of nitrogens with one attached hydrogen (secondary N) is 1. The Bertz CT molecular complexity index is 766. The minimum absolute atomic E-state index is 0.0871. The maximum Gasteiger partial charge on any atom is 0.274 e. The van der Waals surface area contributed by atoms with E-state index in [0.29, 0.717) is 50.7 Å². The van der Waals surface area contributed by atoms with Crippen molar-refractivity contribution in [1.82, 2.24) is 14.9 Å². The largest absolute Gasteiger partial charge is 0.369 e. The zero-order valence-electron chi connectivity index (χ0n) is 16.0. The third-order valence-corrected chi connectivity index (χ3v) is 5.29. The Balaban J connectivity index is 1.23. The van der Waals surface area contributed by atoms with Crippen molar-refractivity contribution in [2.45, 2.75) is 31.5 Å². The number of likely N-dealkylation sites (tertiary alicyclic amines) is 1. The molecule has 2 aliphatic heterocycles. The molecule has 1 amide bonds. The van der Waals surface area contributed by atoms with E-state index in [1.54, 1.807) is 17.3 Å². The maximum atomic E-state index is 12.7. The van der Waals surface area contributed by atoms with Gasteiger partial charge in [-0.25, -0.2) is 9.97 Å². The second kappa shape index (κ2) is 8.67. The molecule has 1 aromatic heterocycles. The number of carbonyl (C=O) groups excluding carboxylic acids is 1. The minimum Gasteiger partial charge on any atom is -0.369 e. The third kappa shape index (κ3) is 4.48. The van der Waals surface area contributed by atoms with Crippen molar-refractivity contribution >= 4 is 11.7 Å². The van der Waals surface area contributed by atoms with Crippen LogP contribution in [-0.2, 0) is 15.9 Å². The number of piperidine rings is 1. The van der Waals surface area contributed by atoms with E-state index in [4.69, 9.17) is 9.47 Å². The molecule has 0 aliphatic carbocycles. The first-order chi connectivity index (χ1) is 13.7. The summed E-state index contributed by atoms with van der Waals surface area (Å²) in [7, 11) is 0. The molecule has 1 spiro atoms. The number of aryl methyl sites for hydroxylation is 1. The lowest BCUT2D eigenvalue weighted by Gasteiger charge is -2.37. The highest BCUT2D eigenvalue weighted by molar-refractivity contribution is 5.92. The normalized spacial score (nSPS) is 18.4.